The predicted octanol–water partition coefficient (Wildman–Crippen LogP) is 10.7. The fourth-order valence-corrected chi connectivity index (χ4v) is 4.40. The van der Waals surface area contributed by atoms with Gasteiger partial charge in [-0.25, -0.2) is 18.7 Å². The Bertz CT molecular complexity index is 1470. The second-order valence-corrected chi connectivity index (χ2v) is 13.6. The molecular formula is C36H45N9O5S4. The first-order valence-electron chi connectivity index (χ1n) is 15.8. The van der Waals surface area contributed by atoms with E-state index in [0.717, 1.165) is 39.4 Å². The Morgan fingerprint density at radius 3 is 1.61 bits per heavy atom. The normalized spacial score (nSPS) is 8.83. The lowest BCUT2D eigenvalue weighted by atomic mass is 10.4. The Hall–Kier alpha value is -5.43. The van der Waals surface area contributed by atoms with E-state index >= 15 is 0 Å². The van der Waals surface area contributed by atoms with Crippen molar-refractivity contribution < 1.29 is 22.4 Å². The van der Waals surface area contributed by atoms with Crippen LogP contribution in [0.1, 0.15) is 49.8 Å². The van der Waals surface area contributed by atoms with Crippen molar-refractivity contribution in [2.45, 2.75) is 62.3 Å². The van der Waals surface area contributed by atoms with Crippen LogP contribution in [0.2, 0.25) is 0 Å². The Balaban J connectivity index is 0.000000304. The molecule has 0 saturated heterocycles. The summed E-state index contributed by atoms with van der Waals surface area (Å²) < 4.78 is 34.6. The molecule has 18 heteroatoms. The summed E-state index contributed by atoms with van der Waals surface area (Å²) in [5.41, 5.74) is 4.35. The molecule has 0 fully saturated rings. The summed E-state index contributed by atoms with van der Waals surface area (Å²) in [4.78, 5) is 12.6. The molecule has 0 spiro atoms. The first-order chi connectivity index (χ1) is 26.0. The average molecular weight is 812 g/mol. The molecule has 0 unspecified atom stereocenters. The molecule has 0 aromatic carbocycles. The lowest BCUT2D eigenvalue weighted by Crippen LogP contribution is -1.59. The quantitative estimate of drug-likeness (QED) is 0.141. The fourth-order valence-electron chi connectivity index (χ4n) is 2.49. The molecule has 0 aliphatic carbocycles. The van der Waals surface area contributed by atoms with Gasteiger partial charge in [0.2, 0.25) is 0 Å². The van der Waals surface area contributed by atoms with Gasteiger partial charge in [0, 0.05) is 64.2 Å². The zero-order valence-corrected chi connectivity index (χ0v) is 34.9. The SMILES string of the molecule is Cc1ccno1.Cc1ccns1.Cc1ccon1.Cc1ccsn1.Cc1cnco1.Cc1cnoc1.Cc1cnsc1.Cc1ncco1.Cc1nccs1. The smallest absolute Gasteiger partial charge is 0.190 e. The molecule has 0 aliphatic rings. The maximum Gasteiger partial charge on any atom is 0.190 e. The Morgan fingerprint density at radius 2 is 1.44 bits per heavy atom. The van der Waals surface area contributed by atoms with Crippen LogP contribution >= 0.6 is 45.9 Å². The van der Waals surface area contributed by atoms with Gasteiger partial charge >= 0.3 is 0 Å². The number of thiazole rings is 1. The summed E-state index contributed by atoms with van der Waals surface area (Å²) >= 11 is 6.17. The second kappa shape index (κ2) is 31.1. The van der Waals surface area contributed by atoms with E-state index in [1.807, 2.05) is 89.9 Å². The highest BCUT2D eigenvalue weighted by Crippen LogP contribution is 1.99. The highest BCUT2D eigenvalue weighted by Gasteiger charge is 1.81. The number of aromatic nitrogens is 9. The molecule has 54 heavy (non-hydrogen) atoms. The summed E-state index contributed by atoms with van der Waals surface area (Å²) in [6.45, 7) is 17.4. The maximum absolute atomic E-state index is 4.72. The average Bonchev–Trinajstić information content (AvgIpc) is 3.98. The topological polar surface area (TPSA) is 182 Å². The van der Waals surface area contributed by atoms with E-state index in [0.29, 0.717) is 0 Å². The van der Waals surface area contributed by atoms with Gasteiger partial charge in [0.15, 0.2) is 12.3 Å². The molecular weight excluding hydrogens is 767 g/mol. The third-order valence-electron chi connectivity index (χ3n) is 5.05. The first-order valence-corrected chi connectivity index (χ1v) is 19.2. The Labute approximate surface area is 331 Å². The molecule has 288 valence electrons. The molecule has 9 aromatic rings. The van der Waals surface area contributed by atoms with E-state index in [9.17, 15) is 0 Å². The molecule has 0 N–H and O–H groups in total. The second-order valence-electron chi connectivity index (χ2n) is 10.1. The van der Waals surface area contributed by atoms with Crippen molar-refractivity contribution in [1.82, 2.24) is 43.5 Å². The van der Waals surface area contributed by atoms with E-state index in [2.05, 4.69) is 57.1 Å². The van der Waals surface area contributed by atoms with Crippen LogP contribution < -0.4 is 0 Å². The minimum absolute atomic E-state index is 0.718. The van der Waals surface area contributed by atoms with Gasteiger partial charge in [0.1, 0.15) is 30.3 Å². The van der Waals surface area contributed by atoms with Crippen LogP contribution in [0.15, 0.2) is 131 Å². The summed E-state index contributed by atoms with van der Waals surface area (Å²) in [6.07, 6.45) is 18.1. The molecule has 9 aromatic heterocycles. The summed E-state index contributed by atoms with van der Waals surface area (Å²) in [7, 11) is 0. The molecule has 9 rings (SSSR count). The molecule has 9 heterocycles. The van der Waals surface area contributed by atoms with Crippen molar-refractivity contribution in [3.05, 3.63) is 159 Å². The number of aryl methyl sites for hydroxylation is 9. The van der Waals surface area contributed by atoms with Crippen LogP contribution in [0.25, 0.3) is 0 Å². The monoisotopic (exact) mass is 811 g/mol. The molecule has 0 aliphatic heterocycles. The Morgan fingerprint density at radius 1 is 0.611 bits per heavy atom. The van der Waals surface area contributed by atoms with E-state index in [4.69, 9.17) is 8.83 Å². The highest BCUT2D eigenvalue weighted by molar-refractivity contribution is 7.09. The molecule has 0 bridgehead atoms. The Kier molecular flexibility index (Phi) is 26.9. The van der Waals surface area contributed by atoms with Crippen LogP contribution in [-0.4, -0.2) is 43.5 Å². The van der Waals surface area contributed by atoms with Gasteiger partial charge in [-0.2, -0.15) is 4.37 Å². The summed E-state index contributed by atoms with van der Waals surface area (Å²) in [5.74, 6) is 2.43. The van der Waals surface area contributed by atoms with E-state index in [-0.39, 0.29) is 0 Å². The van der Waals surface area contributed by atoms with Gasteiger partial charge < -0.3 is 22.4 Å². The lowest BCUT2D eigenvalue weighted by molar-refractivity contribution is 0.397. The third-order valence-corrected chi connectivity index (χ3v) is 7.76. The standard InChI is InChI=1S/5C4H5NO.4C4H5NS/c1-4-2-5-3-6-4;1-4-2-5-6-3-4;1-4-5-2-3-6-4;1-4-2-3-6-5-4;1-4-2-3-5-6-4;1-4-2-5-6-3-4;1-4-5-2-3-6-4;1-4-2-3-6-5-4;1-4-2-3-5-6-4/h9*2-3H,1H3. The largest absolute Gasteiger partial charge is 0.449 e. The van der Waals surface area contributed by atoms with Crippen molar-refractivity contribution in [3.63, 3.8) is 0 Å². The minimum Gasteiger partial charge on any atom is -0.449 e. The lowest BCUT2D eigenvalue weighted by Gasteiger charge is -1.67. The van der Waals surface area contributed by atoms with Crippen LogP contribution in [-0.2, 0) is 0 Å². The van der Waals surface area contributed by atoms with Gasteiger partial charge in [0.25, 0.3) is 0 Å². The molecule has 14 nitrogen and oxygen atoms in total. The third kappa shape index (κ3) is 29.2. The highest BCUT2D eigenvalue weighted by atomic mass is 32.1. The number of oxazole rings is 2. The van der Waals surface area contributed by atoms with Crippen LogP contribution in [0.3, 0.4) is 0 Å². The van der Waals surface area contributed by atoms with Gasteiger partial charge in [-0.3, -0.25) is 4.98 Å². The molecule has 0 radical (unpaired) electrons. The van der Waals surface area contributed by atoms with Crippen LogP contribution in [0, 0.1) is 62.3 Å². The van der Waals surface area contributed by atoms with Gasteiger partial charge in [-0.05, 0) is 108 Å². The predicted molar refractivity (Wildman–Crippen MR) is 214 cm³/mol. The van der Waals surface area contributed by atoms with E-state index < -0.39 is 0 Å². The number of rotatable bonds is 0. The number of nitrogens with zero attached hydrogens (tertiary/aromatic N) is 9. The zero-order valence-electron chi connectivity index (χ0n) is 31.6. The van der Waals surface area contributed by atoms with Crippen molar-refractivity contribution in [1.29, 1.82) is 0 Å². The fraction of sp³-hybridized carbons (Fsp3) is 0.250. The molecule has 0 saturated carbocycles. The van der Waals surface area contributed by atoms with Crippen molar-refractivity contribution >= 4 is 45.9 Å². The minimum atomic E-state index is 0.718. The van der Waals surface area contributed by atoms with E-state index in [1.165, 1.54) is 51.4 Å². The maximum atomic E-state index is 4.72. The van der Waals surface area contributed by atoms with Crippen LogP contribution in [0.5, 0.6) is 0 Å². The van der Waals surface area contributed by atoms with Crippen molar-refractivity contribution in [3.8, 4) is 0 Å². The van der Waals surface area contributed by atoms with Gasteiger partial charge in [-0.15, -0.1) is 11.3 Å². The summed E-state index contributed by atoms with van der Waals surface area (Å²) in [5, 5.41) is 17.5. The number of hydrogen-bond donors (Lipinski definition) is 0. The first kappa shape index (κ1) is 46.6. The van der Waals surface area contributed by atoms with Crippen molar-refractivity contribution in [2.75, 3.05) is 0 Å². The van der Waals surface area contributed by atoms with E-state index in [1.54, 1.807) is 86.4 Å². The summed E-state index contributed by atoms with van der Waals surface area (Å²) in [6, 6.07) is 7.59. The van der Waals surface area contributed by atoms with Crippen molar-refractivity contribution in [2.24, 2.45) is 0 Å². The number of hydrogen-bond acceptors (Lipinski definition) is 18. The zero-order chi connectivity index (χ0) is 39.7. The molecule has 0 atom stereocenters. The van der Waals surface area contributed by atoms with Gasteiger partial charge in [-0.1, -0.05) is 15.5 Å². The molecule has 0 amide bonds. The van der Waals surface area contributed by atoms with Crippen LogP contribution in [0.4, 0.5) is 0 Å². The van der Waals surface area contributed by atoms with Gasteiger partial charge in [0.05, 0.1) is 41.2 Å².